The van der Waals surface area contributed by atoms with Crippen LogP contribution in [0.25, 0.3) is 6.08 Å². The van der Waals surface area contributed by atoms with Crippen LogP contribution in [0.2, 0.25) is 0 Å². The van der Waals surface area contributed by atoms with Crippen molar-refractivity contribution in [1.29, 1.82) is 0 Å². The minimum Gasteiger partial charge on any atom is -0.465 e. The molecule has 0 unspecified atom stereocenters. The molecule has 0 bridgehead atoms. The Balaban J connectivity index is 2.10. The van der Waals surface area contributed by atoms with Gasteiger partial charge in [-0.2, -0.15) is 0 Å². The minimum atomic E-state index is -0.613. The third-order valence-electron chi connectivity index (χ3n) is 4.99. The molecule has 0 atom stereocenters. The number of carbonyl (C=O) groups excluding carboxylic acids is 2. The molecule has 0 fully saturated rings. The maximum absolute atomic E-state index is 13.1. The number of nitrogens with zero attached hydrogens (tertiary/aromatic N) is 1. The van der Waals surface area contributed by atoms with Crippen molar-refractivity contribution in [3.05, 3.63) is 82.2 Å². The summed E-state index contributed by atoms with van der Waals surface area (Å²) in [5, 5.41) is 0. The van der Waals surface area contributed by atoms with Gasteiger partial charge in [0.05, 0.1) is 12.8 Å². The quantitative estimate of drug-likeness (QED) is 0.429. The highest BCUT2D eigenvalue weighted by atomic mass is 16.5. The summed E-state index contributed by atoms with van der Waals surface area (Å²) in [6, 6.07) is 16.0. The van der Waals surface area contributed by atoms with Crippen molar-refractivity contribution in [1.82, 2.24) is 0 Å². The molecule has 0 N–H and O–H groups in total. The third-order valence-corrected chi connectivity index (χ3v) is 4.99. The van der Waals surface area contributed by atoms with Gasteiger partial charge in [-0.3, -0.25) is 4.79 Å². The topological polar surface area (TPSA) is 46.6 Å². The van der Waals surface area contributed by atoms with Gasteiger partial charge in [0.25, 0.3) is 0 Å². The van der Waals surface area contributed by atoms with Crippen LogP contribution < -0.4 is 4.90 Å². The number of rotatable bonds is 4. The van der Waals surface area contributed by atoms with Crippen molar-refractivity contribution >= 4 is 23.5 Å². The SMILES string of the molecule is COC(=O)C1=C(C)N(c2ccc(C)cc2)/C(=C/c2ccc(C(C)C)cc2)C1=O. The van der Waals surface area contributed by atoms with Crippen LogP contribution in [-0.2, 0) is 14.3 Å². The van der Waals surface area contributed by atoms with Crippen LogP contribution in [0, 0.1) is 6.92 Å². The summed E-state index contributed by atoms with van der Waals surface area (Å²) in [4.78, 5) is 27.1. The molecule has 3 rings (SSSR count). The predicted molar refractivity (Wildman–Crippen MR) is 112 cm³/mol. The molecular formula is C24H25NO3. The summed E-state index contributed by atoms with van der Waals surface area (Å²) in [6.07, 6.45) is 1.83. The van der Waals surface area contributed by atoms with E-state index in [0.29, 0.717) is 17.3 Å². The standard InChI is InChI=1S/C24H25NO3/c1-15(2)19-10-8-18(9-11-19)14-21-23(26)22(24(27)28-5)17(4)25(21)20-12-6-16(3)7-13-20/h6-15H,1-5H3/b21-14+. The van der Waals surface area contributed by atoms with E-state index in [-0.39, 0.29) is 11.4 Å². The van der Waals surface area contributed by atoms with Crippen LogP contribution in [-0.4, -0.2) is 18.9 Å². The van der Waals surface area contributed by atoms with E-state index in [1.807, 2.05) is 54.3 Å². The Labute approximate surface area is 166 Å². The lowest BCUT2D eigenvalue weighted by Gasteiger charge is -2.21. The molecule has 0 saturated carbocycles. The van der Waals surface area contributed by atoms with Crippen molar-refractivity contribution in [2.45, 2.75) is 33.6 Å². The second-order valence-electron chi connectivity index (χ2n) is 7.30. The number of ketones is 1. The minimum absolute atomic E-state index is 0.0770. The van der Waals surface area contributed by atoms with E-state index in [1.54, 1.807) is 6.92 Å². The van der Waals surface area contributed by atoms with Crippen LogP contribution in [0.3, 0.4) is 0 Å². The molecule has 4 heteroatoms. The zero-order valence-corrected chi connectivity index (χ0v) is 16.9. The maximum Gasteiger partial charge on any atom is 0.343 e. The summed E-state index contributed by atoms with van der Waals surface area (Å²) in [5.41, 5.74) is 5.20. The zero-order valence-electron chi connectivity index (χ0n) is 16.9. The first kappa shape index (κ1) is 19.6. The molecule has 0 aromatic heterocycles. The number of hydrogen-bond donors (Lipinski definition) is 0. The number of Topliss-reactive ketones (excluding diaryl/α,β-unsaturated/α-hetero) is 1. The number of ether oxygens (including phenoxy) is 1. The Morgan fingerprint density at radius 3 is 2.14 bits per heavy atom. The van der Waals surface area contributed by atoms with Crippen LogP contribution in [0.4, 0.5) is 5.69 Å². The molecule has 1 aliphatic rings. The molecule has 28 heavy (non-hydrogen) atoms. The highest BCUT2D eigenvalue weighted by Crippen LogP contribution is 2.35. The summed E-state index contributed by atoms with van der Waals surface area (Å²) in [7, 11) is 1.29. The Kier molecular flexibility index (Phi) is 5.50. The fraction of sp³-hybridized carbons (Fsp3) is 0.250. The summed E-state index contributed by atoms with van der Waals surface area (Å²) < 4.78 is 4.85. The average molecular weight is 375 g/mol. The van der Waals surface area contributed by atoms with Gasteiger partial charge < -0.3 is 9.64 Å². The predicted octanol–water partition coefficient (Wildman–Crippen LogP) is 5.00. The van der Waals surface area contributed by atoms with Crippen molar-refractivity contribution in [2.24, 2.45) is 0 Å². The van der Waals surface area contributed by atoms with Gasteiger partial charge in [0.15, 0.2) is 0 Å². The van der Waals surface area contributed by atoms with E-state index in [2.05, 4.69) is 26.0 Å². The fourth-order valence-electron chi connectivity index (χ4n) is 3.32. The van der Waals surface area contributed by atoms with Gasteiger partial charge in [-0.1, -0.05) is 55.8 Å². The second kappa shape index (κ2) is 7.85. The van der Waals surface area contributed by atoms with Crippen molar-refractivity contribution in [3.63, 3.8) is 0 Å². The van der Waals surface area contributed by atoms with E-state index < -0.39 is 5.97 Å². The number of aryl methyl sites for hydroxylation is 1. The first-order valence-corrected chi connectivity index (χ1v) is 9.35. The molecule has 0 spiro atoms. The van der Waals surface area contributed by atoms with Crippen LogP contribution in [0.1, 0.15) is 43.4 Å². The van der Waals surface area contributed by atoms with Crippen LogP contribution in [0.5, 0.6) is 0 Å². The van der Waals surface area contributed by atoms with Gasteiger partial charge in [0.2, 0.25) is 5.78 Å². The smallest absolute Gasteiger partial charge is 0.343 e. The third kappa shape index (κ3) is 3.63. The highest BCUT2D eigenvalue weighted by molar-refractivity contribution is 6.30. The number of carbonyl (C=O) groups is 2. The molecule has 0 radical (unpaired) electrons. The maximum atomic E-state index is 13.1. The van der Waals surface area contributed by atoms with E-state index in [1.165, 1.54) is 12.7 Å². The number of allylic oxidation sites excluding steroid dienone is 2. The molecule has 0 amide bonds. The van der Waals surface area contributed by atoms with E-state index in [4.69, 9.17) is 4.74 Å². The lowest BCUT2D eigenvalue weighted by atomic mass is 10.0. The lowest BCUT2D eigenvalue weighted by molar-refractivity contribution is -0.137. The van der Waals surface area contributed by atoms with Gasteiger partial charge in [-0.25, -0.2) is 4.79 Å². The van der Waals surface area contributed by atoms with Gasteiger partial charge >= 0.3 is 5.97 Å². The van der Waals surface area contributed by atoms with Gasteiger partial charge in [-0.05, 0) is 49.1 Å². The number of methoxy groups -OCH3 is 1. The average Bonchev–Trinajstić information content (AvgIpc) is 2.92. The summed E-state index contributed by atoms with van der Waals surface area (Å²) in [6.45, 7) is 8.06. The van der Waals surface area contributed by atoms with Crippen molar-refractivity contribution in [3.8, 4) is 0 Å². The number of benzene rings is 2. The van der Waals surface area contributed by atoms with Crippen LogP contribution >= 0.6 is 0 Å². The van der Waals surface area contributed by atoms with E-state index >= 15 is 0 Å². The first-order chi connectivity index (χ1) is 13.3. The van der Waals surface area contributed by atoms with Crippen molar-refractivity contribution < 1.29 is 14.3 Å². The molecule has 1 heterocycles. The molecule has 144 valence electrons. The van der Waals surface area contributed by atoms with E-state index in [9.17, 15) is 9.59 Å². The molecular weight excluding hydrogens is 350 g/mol. The zero-order chi connectivity index (χ0) is 20.4. The molecule has 1 aliphatic heterocycles. The largest absolute Gasteiger partial charge is 0.465 e. The summed E-state index contributed by atoms with van der Waals surface area (Å²) in [5.74, 6) is -0.496. The number of esters is 1. The summed E-state index contributed by atoms with van der Waals surface area (Å²) >= 11 is 0. The molecule has 4 nitrogen and oxygen atoms in total. The highest BCUT2D eigenvalue weighted by Gasteiger charge is 2.38. The Bertz CT molecular complexity index is 964. The number of anilines is 1. The molecule has 0 saturated heterocycles. The van der Waals surface area contributed by atoms with Crippen LogP contribution in [0.15, 0.2) is 65.5 Å². The monoisotopic (exact) mass is 375 g/mol. The first-order valence-electron chi connectivity index (χ1n) is 9.35. The van der Waals surface area contributed by atoms with Gasteiger partial charge in [0.1, 0.15) is 5.57 Å². The van der Waals surface area contributed by atoms with Gasteiger partial charge in [-0.15, -0.1) is 0 Å². The van der Waals surface area contributed by atoms with Gasteiger partial charge in [0, 0.05) is 11.4 Å². The Morgan fingerprint density at radius 1 is 1.00 bits per heavy atom. The molecule has 2 aromatic rings. The van der Waals surface area contributed by atoms with Crippen molar-refractivity contribution in [2.75, 3.05) is 12.0 Å². The number of hydrogen-bond acceptors (Lipinski definition) is 4. The molecule has 2 aromatic carbocycles. The Hall–Kier alpha value is -3.14. The Morgan fingerprint density at radius 2 is 1.61 bits per heavy atom. The fourth-order valence-corrected chi connectivity index (χ4v) is 3.32. The normalized spacial score (nSPS) is 15.7. The second-order valence-corrected chi connectivity index (χ2v) is 7.30. The van der Waals surface area contributed by atoms with E-state index in [0.717, 1.165) is 16.8 Å². The lowest BCUT2D eigenvalue weighted by Crippen LogP contribution is -2.18. The molecule has 0 aliphatic carbocycles.